The van der Waals surface area contributed by atoms with Gasteiger partial charge in [0.05, 0.1) is 0 Å². The Morgan fingerprint density at radius 1 is 1.12 bits per heavy atom. The summed E-state index contributed by atoms with van der Waals surface area (Å²) in [5.74, 6) is 0.0113. The Bertz CT molecular complexity index is 809. The summed E-state index contributed by atoms with van der Waals surface area (Å²) < 4.78 is 5.27. The van der Waals surface area contributed by atoms with E-state index in [-0.39, 0.29) is 5.78 Å². The molecule has 0 fully saturated rings. The highest BCUT2D eigenvalue weighted by atomic mass is 35.5. The van der Waals surface area contributed by atoms with E-state index >= 15 is 0 Å². The number of ether oxygens (including phenoxy) is 1. The van der Waals surface area contributed by atoms with E-state index in [1.54, 1.807) is 32.9 Å². The molecule has 5 heteroatoms. The lowest BCUT2D eigenvalue weighted by Gasteiger charge is -2.20. The van der Waals surface area contributed by atoms with Crippen LogP contribution in [0.5, 0.6) is 0 Å². The third-order valence-corrected chi connectivity index (χ3v) is 3.96. The van der Waals surface area contributed by atoms with Crippen LogP contribution in [0.25, 0.3) is 0 Å². The zero-order valence-electron chi connectivity index (χ0n) is 15.6. The molecule has 0 saturated carbocycles. The maximum atomic E-state index is 12.5. The molecule has 26 heavy (non-hydrogen) atoms. The lowest BCUT2D eigenvalue weighted by molar-refractivity contribution is 0.0635. The maximum Gasteiger partial charge on any atom is 0.412 e. The molecule has 0 aliphatic rings. The quantitative estimate of drug-likeness (QED) is 0.672. The molecule has 0 saturated heterocycles. The van der Waals surface area contributed by atoms with Gasteiger partial charge in [0.25, 0.3) is 0 Å². The second-order valence-corrected chi connectivity index (χ2v) is 7.65. The van der Waals surface area contributed by atoms with Crippen molar-refractivity contribution in [3.63, 3.8) is 0 Å². The Labute approximate surface area is 159 Å². The van der Waals surface area contributed by atoms with E-state index in [0.29, 0.717) is 29.1 Å². The molecule has 2 rings (SSSR count). The summed E-state index contributed by atoms with van der Waals surface area (Å²) in [6.45, 7) is 7.27. The summed E-state index contributed by atoms with van der Waals surface area (Å²) >= 11 is 5.97. The number of hydrogen-bond donors (Lipinski definition) is 1. The first-order valence-corrected chi connectivity index (χ1v) is 8.90. The van der Waals surface area contributed by atoms with Crippen molar-refractivity contribution in [2.45, 2.75) is 46.1 Å². The molecule has 1 N–H and O–H groups in total. The number of rotatable bonds is 5. The van der Waals surface area contributed by atoms with Crippen molar-refractivity contribution in [2.75, 3.05) is 5.32 Å². The number of halogens is 1. The topological polar surface area (TPSA) is 55.4 Å². The molecular formula is C21H24ClNO3. The van der Waals surface area contributed by atoms with Crippen molar-refractivity contribution in [2.24, 2.45) is 0 Å². The Hall–Kier alpha value is -2.33. The van der Waals surface area contributed by atoms with Gasteiger partial charge < -0.3 is 4.74 Å². The van der Waals surface area contributed by atoms with Gasteiger partial charge in [-0.15, -0.1) is 0 Å². The van der Waals surface area contributed by atoms with Gasteiger partial charge in [0.2, 0.25) is 0 Å². The third-order valence-electron chi connectivity index (χ3n) is 3.72. The van der Waals surface area contributed by atoms with Crippen molar-refractivity contribution >= 4 is 29.2 Å². The normalized spacial score (nSPS) is 11.1. The molecule has 0 aliphatic carbocycles. The summed E-state index contributed by atoms with van der Waals surface area (Å²) in [5, 5.41) is 3.37. The van der Waals surface area contributed by atoms with Crippen LogP contribution in [0.3, 0.4) is 0 Å². The number of benzene rings is 2. The largest absolute Gasteiger partial charge is 0.444 e. The van der Waals surface area contributed by atoms with Crippen LogP contribution >= 0.6 is 11.6 Å². The molecule has 0 atom stereocenters. The maximum absolute atomic E-state index is 12.5. The van der Waals surface area contributed by atoms with Gasteiger partial charge in [0.15, 0.2) is 5.78 Å². The molecule has 4 nitrogen and oxygen atoms in total. The molecule has 0 radical (unpaired) electrons. The summed E-state index contributed by atoms with van der Waals surface area (Å²) in [7, 11) is 0. The SMILES string of the molecule is Cc1ccc(C(=O)CCc2cccc(Cl)c2)cc1NC(=O)OC(C)(C)C. The van der Waals surface area contributed by atoms with Crippen LogP contribution in [0, 0.1) is 6.92 Å². The number of carbonyl (C=O) groups excluding carboxylic acids is 2. The van der Waals surface area contributed by atoms with Gasteiger partial charge in [-0.2, -0.15) is 0 Å². The number of aryl methyl sites for hydroxylation is 2. The third kappa shape index (κ3) is 6.19. The van der Waals surface area contributed by atoms with E-state index < -0.39 is 11.7 Å². The summed E-state index contributed by atoms with van der Waals surface area (Å²) in [5.41, 5.74) is 2.44. The molecular weight excluding hydrogens is 350 g/mol. The smallest absolute Gasteiger partial charge is 0.412 e. The number of carbonyl (C=O) groups is 2. The Morgan fingerprint density at radius 2 is 1.85 bits per heavy atom. The van der Waals surface area contributed by atoms with Crippen LogP contribution in [0.1, 0.15) is 48.7 Å². The Balaban J connectivity index is 2.05. The molecule has 0 aliphatic heterocycles. The number of ketones is 1. The molecule has 0 unspecified atom stereocenters. The highest BCUT2D eigenvalue weighted by Crippen LogP contribution is 2.20. The summed E-state index contributed by atoms with van der Waals surface area (Å²) in [4.78, 5) is 24.5. The van der Waals surface area contributed by atoms with E-state index in [1.807, 2.05) is 37.3 Å². The van der Waals surface area contributed by atoms with Gasteiger partial charge in [-0.25, -0.2) is 4.79 Å². The Kier molecular flexibility index (Phi) is 6.43. The standard InChI is InChI=1S/C21H24ClNO3/c1-14-8-10-16(13-18(14)23-20(25)26-21(2,3)4)19(24)11-9-15-6-5-7-17(22)12-15/h5-8,10,12-13H,9,11H2,1-4H3,(H,23,25). The van der Waals surface area contributed by atoms with E-state index in [9.17, 15) is 9.59 Å². The highest BCUT2D eigenvalue weighted by molar-refractivity contribution is 6.30. The van der Waals surface area contributed by atoms with Crippen LogP contribution in [0.2, 0.25) is 5.02 Å². The highest BCUT2D eigenvalue weighted by Gasteiger charge is 2.17. The zero-order chi connectivity index (χ0) is 19.3. The fraction of sp³-hybridized carbons (Fsp3) is 0.333. The van der Waals surface area contributed by atoms with Crippen LogP contribution in [0.4, 0.5) is 10.5 Å². The van der Waals surface area contributed by atoms with Crippen molar-refractivity contribution < 1.29 is 14.3 Å². The van der Waals surface area contributed by atoms with E-state index in [0.717, 1.165) is 11.1 Å². The Morgan fingerprint density at radius 3 is 2.50 bits per heavy atom. The van der Waals surface area contributed by atoms with E-state index in [2.05, 4.69) is 5.32 Å². The number of anilines is 1. The van der Waals surface area contributed by atoms with Crippen LogP contribution in [0.15, 0.2) is 42.5 Å². The lowest BCUT2D eigenvalue weighted by Crippen LogP contribution is -2.27. The van der Waals surface area contributed by atoms with E-state index in [4.69, 9.17) is 16.3 Å². The van der Waals surface area contributed by atoms with Gasteiger partial charge in [0.1, 0.15) is 5.60 Å². The van der Waals surface area contributed by atoms with Crippen molar-refractivity contribution in [1.82, 2.24) is 0 Å². The van der Waals surface area contributed by atoms with Crippen molar-refractivity contribution in [1.29, 1.82) is 0 Å². The van der Waals surface area contributed by atoms with Crippen molar-refractivity contribution in [3.05, 3.63) is 64.2 Å². The second-order valence-electron chi connectivity index (χ2n) is 7.21. The lowest BCUT2D eigenvalue weighted by atomic mass is 10.0. The predicted octanol–water partition coefficient (Wildman–Crippen LogP) is 5.81. The first kappa shape index (κ1) is 20.0. The molecule has 0 bridgehead atoms. The number of amides is 1. The first-order valence-electron chi connectivity index (χ1n) is 8.52. The average molecular weight is 374 g/mol. The number of Topliss-reactive ketones (excluding diaryl/α,β-unsaturated/α-hetero) is 1. The number of hydrogen-bond acceptors (Lipinski definition) is 3. The minimum Gasteiger partial charge on any atom is -0.444 e. The molecule has 0 aromatic heterocycles. The molecule has 0 spiro atoms. The molecule has 2 aromatic rings. The van der Waals surface area contributed by atoms with Crippen LogP contribution < -0.4 is 5.32 Å². The zero-order valence-corrected chi connectivity index (χ0v) is 16.3. The predicted molar refractivity (Wildman–Crippen MR) is 105 cm³/mol. The average Bonchev–Trinajstić information content (AvgIpc) is 2.53. The molecule has 2 aromatic carbocycles. The minimum absolute atomic E-state index is 0.0113. The van der Waals surface area contributed by atoms with Gasteiger partial charge >= 0.3 is 6.09 Å². The summed E-state index contributed by atoms with van der Waals surface area (Å²) in [6, 6.07) is 12.8. The summed E-state index contributed by atoms with van der Waals surface area (Å²) in [6.07, 6.45) is 0.446. The van der Waals surface area contributed by atoms with Crippen LogP contribution in [-0.4, -0.2) is 17.5 Å². The van der Waals surface area contributed by atoms with Gasteiger partial charge in [-0.1, -0.05) is 35.9 Å². The van der Waals surface area contributed by atoms with Gasteiger partial charge in [0, 0.05) is 22.7 Å². The van der Waals surface area contributed by atoms with Crippen molar-refractivity contribution in [3.8, 4) is 0 Å². The molecule has 1 amide bonds. The molecule has 0 heterocycles. The minimum atomic E-state index is -0.581. The monoisotopic (exact) mass is 373 g/mol. The van der Waals surface area contributed by atoms with E-state index in [1.165, 1.54) is 0 Å². The van der Waals surface area contributed by atoms with Crippen LogP contribution in [-0.2, 0) is 11.2 Å². The fourth-order valence-corrected chi connectivity index (χ4v) is 2.65. The fourth-order valence-electron chi connectivity index (χ4n) is 2.44. The second kappa shape index (κ2) is 8.37. The van der Waals surface area contributed by atoms with Gasteiger partial charge in [-0.05, 0) is 63.4 Å². The molecule has 138 valence electrons. The first-order chi connectivity index (χ1) is 12.1. The number of nitrogens with one attached hydrogen (secondary N) is 1. The van der Waals surface area contributed by atoms with Gasteiger partial charge in [-0.3, -0.25) is 10.1 Å².